The Bertz CT molecular complexity index is 286. The second-order valence-corrected chi connectivity index (χ2v) is 4.38. The summed E-state index contributed by atoms with van der Waals surface area (Å²) in [5, 5.41) is 0. The molecule has 3 heteroatoms. The molecule has 0 radical (unpaired) electrons. The number of anilines is 1. The fourth-order valence-corrected chi connectivity index (χ4v) is 0.960. The number of hydrogen-bond acceptors (Lipinski definition) is 3. The van der Waals surface area contributed by atoms with Gasteiger partial charge in [-0.3, -0.25) is 0 Å². The molecule has 1 aromatic heterocycles. The van der Waals surface area contributed by atoms with Crippen LogP contribution in [-0.4, -0.2) is 24.1 Å². The molecule has 0 fully saturated rings. The Labute approximate surface area is 79.8 Å². The highest BCUT2D eigenvalue weighted by molar-refractivity contribution is 5.35. The molecule has 0 unspecified atom stereocenters. The van der Waals surface area contributed by atoms with E-state index in [1.807, 2.05) is 31.3 Å². The Morgan fingerprint density at radius 2 is 1.85 bits per heavy atom. The average molecular weight is 179 g/mol. The standard InChI is InChI=1S/C10H17N3/c1-10(2,3)9-11-7-6-8(12-9)13(4)5/h6-7H,1-5H3. The summed E-state index contributed by atoms with van der Waals surface area (Å²) in [6, 6.07) is 1.91. The van der Waals surface area contributed by atoms with Gasteiger partial charge in [0.2, 0.25) is 0 Å². The van der Waals surface area contributed by atoms with Crippen LogP contribution in [0.1, 0.15) is 26.6 Å². The average Bonchev–Trinajstić information content (AvgIpc) is 2.03. The van der Waals surface area contributed by atoms with E-state index >= 15 is 0 Å². The molecule has 0 bridgehead atoms. The topological polar surface area (TPSA) is 29.0 Å². The molecule has 0 aliphatic rings. The molecule has 1 rings (SSSR count). The van der Waals surface area contributed by atoms with Crippen molar-refractivity contribution in [3.8, 4) is 0 Å². The predicted molar refractivity (Wildman–Crippen MR) is 55.1 cm³/mol. The van der Waals surface area contributed by atoms with Crippen molar-refractivity contribution in [1.29, 1.82) is 0 Å². The van der Waals surface area contributed by atoms with E-state index < -0.39 is 0 Å². The summed E-state index contributed by atoms with van der Waals surface area (Å²) in [7, 11) is 3.96. The first-order chi connectivity index (χ1) is 5.91. The van der Waals surface area contributed by atoms with Crippen LogP contribution in [0.4, 0.5) is 5.82 Å². The molecule has 1 aromatic rings. The van der Waals surface area contributed by atoms with E-state index in [0.717, 1.165) is 11.6 Å². The minimum Gasteiger partial charge on any atom is -0.363 e. The van der Waals surface area contributed by atoms with E-state index in [0.29, 0.717) is 0 Å². The fraction of sp³-hybridized carbons (Fsp3) is 0.600. The maximum atomic E-state index is 4.46. The normalized spacial score (nSPS) is 11.5. The van der Waals surface area contributed by atoms with Gasteiger partial charge in [0, 0.05) is 25.7 Å². The van der Waals surface area contributed by atoms with Gasteiger partial charge < -0.3 is 4.90 Å². The van der Waals surface area contributed by atoms with Crippen LogP contribution >= 0.6 is 0 Å². The van der Waals surface area contributed by atoms with Gasteiger partial charge in [0.25, 0.3) is 0 Å². The molecular formula is C10H17N3. The third kappa shape index (κ3) is 2.41. The summed E-state index contributed by atoms with van der Waals surface area (Å²) in [6.45, 7) is 6.34. The molecular weight excluding hydrogens is 162 g/mol. The van der Waals surface area contributed by atoms with E-state index in [2.05, 4.69) is 30.7 Å². The van der Waals surface area contributed by atoms with Crippen LogP contribution in [-0.2, 0) is 5.41 Å². The summed E-state index contributed by atoms with van der Waals surface area (Å²) in [5.74, 6) is 1.85. The second kappa shape index (κ2) is 3.32. The number of nitrogens with zero attached hydrogens (tertiary/aromatic N) is 3. The van der Waals surface area contributed by atoms with Gasteiger partial charge >= 0.3 is 0 Å². The Hall–Kier alpha value is -1.12. The zero-order valence-electron chi connectivity index (χ0n) is 9.00. The largest absolute Gasteiger partial charge is 0.363 e. The smallest absolute Gasteiger partial charge is 0.135 e. The van der Waals surface area contributed by atoms with Gasteiger partial charge in [0.15, 0.2) is 0 Å². The van der Waals surface area contributed by atoms with Gasteiger partial charge in [-0.1, -0.05) is 20.8 Å². The van der Waals surface area contributed by atoms with Gasteiger partial charge in [0.1, 0.15) is 11.6 Å². The molecule has 0 saturated carbocycles. The lowest BCUT2D eigenvalue weighted by atomic mass is 9.96. The van der Waals surface area contributed by atoms with Crippen LogP contribution in [0.2, 0.25) is 0 Å². The summed E-state index contributed by atoms with van der Waals surface area (Å²) in [6.07, 6.45) is 1.81. The molecule has 0 spiro atoms. The lowest BCUT2D eigenvalue weighted by Crippen LogP contribution is -2.19. The maximum Gasteiger partial charge on any atom is 0.135 e. The molecule has 0 atom stereocenters. The molecule has 0 aliphatic carbocycles. The highest BCUT2D eigenvalue weighted by Crippen LogP contribution is 2.19. The molecule has 13 heavy (non-hydrogen) atoms. The monoisotopic (exact) mass is 179 g/mol. The minimum absolute atomic E-state index is 0.0199. The molecule has 0 N–H and O–H groups in total. The summed E-state index contributed by atoms with van der Waals surface area (Å²) in [5.41, 5.74) is 0.0199. The SMILES string of the molecule is CN(C)c1ccnc(C(C)(C)C)n1. The van der Waals surface area contributed by atoms with E-state index in [-0.39, 0.29) is 5.41 Å². The Balaban J connectivity index is 3.06. The van der Waals surface area contributed by atoms with Gasteiger partial charge in [0.05, 0.1) is 0 Å². The Morgan fingerprint density at radius 1 is 1.23 bits per heavy atom. The third-order valence-electron chi connectivity index (χ3n) is 1.77. The van der Waals surface area contributed by atoms with Gasteiger partial charge in [-0.25, -0.2) is 9.97 Å². The van der Waals surface area contributed by atoms with Crippen molar-refractivity contribution in [1.82, 2.24) is 9.97 Å². The van der Waals surface area contributed by atoms with Crippen LogP contribution in [0, 0.1) is 0 Å². The third-order valence-corrected chi connectivity index (χ3v) is 1.77. The Kier molecular flexibility index (Phi) is 2.55. The molecule has 0 saturated heterocycles. The molecule has 72 valence electrons. The summed E-state index contributed by atoms with van der Waals surface area (Å²) < 4.78 is 0. The zero-order valence-corrected chi connectivity index (χ0v) is 9.00. The van der Waals surface area contributed by atoms with E-state index in [9.17, 15) is 0 Å². The lowest BCUT2D eigenvalue weighted by molar-refractivity contribution is 0.545. The van der Waals surface area contributed by atoms with E-state index in [4.69, 9.17) is 0 Å². The van der Waals surface area contributed by atoms with E-state index in [1.165, 1.54) is 0 Å². The van der Waals surface area contributed by atoms with Crippen molar-refractivity contribution < 1.29 is 0 Å². The number of hydrogen-bond donors (Lipinski definition) is 0. The molecule has 0 aliphatic heterocycles. The van der Waals surface area contributed by atoms with Crippen molar-refractivity contribution in [3.63, 3.8) is 0 Å². The first-order valence-electron chi connectivity index (χ1n) is 4.42. The zero-order chi connectivity index (χ0) is 10.1. The van der Waals surface area contributed by atoms with Crippen LogP contribution in [0.25, 0.3) is 0 Å². The molecule has 0 amide bonds. The number of rotatable bonds is 1. The predicted octanol–water partition coefficient (Wildman–Crippen LogP) is 1.84. The van der Waals surface area contributed by atoms with Crippen molar-refractivity contribution in [3.05, 3.63) is 18.1 Å². The van der Waals surface area contributed by atoms with E-state index in [1.54, 1.807) is 0 Å². The molecule has 1 heterocycles. The minimum atomic E-state index is 0.0199. The van der Waals surface area contributed by atoms with Gasteiger partial charge in [-0.15, -0.1) is 0 Å². The van der Waals surface area contributed by atoms with Crippen LogP contribution in [0.15, 0.2) is 12.3 Å². The van der Waals surface area contributed by atoms with Crippen LogP contribution < -0.4 is 4.90 Å². The molecule has 0 aromatic carbocycles. The molecule has 3 nitrogen and oxygen atoms in total. The maximum absolute atomic E-state index is 4.46. The summed E-state index contributed by atoms with van der Waals surface area (Å²) >= 11 is 0. The fourth-order valence-electron chi connectivity index (χ4n) is 0.960. The van der Waals surface area contributed by atoms with Gasteiger partial charge in [-0.05, 0) is 6.07 Å². The van der Waals surface area contributed by atoms with Crippen molar-refractivity contribution in [2.24, 2.45) is 0 Å². The highest BCUT2D eigenvalue weighted by Gasteiger charge is 2.17. The highest BCUT2D eigenvalue weighted by atomic mass is 15.1. The first-order valence-corrected chi connectivity index (χ1v) is 4.42. The Morgan fingerprint density at radius 3 is 2.31 bits per heavy atom. The van der Waals surface area contributed by atoms with Crippen molar-refractivity contribution >= 4 is 5.82 Å². The quantitative estimate of drug-likeness (QED) is 0.658. The van der Waals surface area contributed by atoms with Crippen LogP contribution in [0.3, 0.4) is 0 Å². The van der Waals surface area contributed by atoms with Gasteiger partial charge in [-0.2, -0.15) is 0 Å². The number of aromatic nitrogens is 2. The summed E-state index contributed by atoms with van der Waals surface area (Å²) in [4.78, 5) is 10.7. The lowest BCUT2D eigenvalue weighted by Gasteiger charge is -2.18. The van der Waals surface area contributed by atoms with Crippen LogP contribution in [0.5, 0.6) is 0 Å². The second-order valence-electron chi connectivity index (χ2n) is 4.38. The van der Waals surface area contributed by atoms with Crippen molar-refractivity contribution in [2.45, 2.75) is 26.2 Å². The van der Waals surface area contributed by atoms with Crippen molar-refractivity contribution in [2.75, 3.05) is 19.0 Å². The first kappa shape index (κ1) is 9.96.